The zero-order valence-electron chi connectivity index (χ0n) is 10.7. The molecule has 0 spiro atoms. The van der Waals surface area contributed by atoms with E-state index in [-0.39, 0.29) is 0 Å². The standard InChI is InChI=1S/C17H11ClN2/c18-13-6-7-17-16(10-13)15(11-14(20-17)8-9-19)12-4-2-1-3-5-12/h1-7,10-11H,8H2. The average Bonchev–Trinajstić information content (AvgIpc) is 2.48. The van der Waals surface area contributed by atoms with Gasteiger partial charge < -0.3 is 0 Å². The molecule has 0 N–H and O–H groups in total. The molecule has 0 saturated carbocycles. The molecule has 0 unspecified atom stereocenters. The molecule has 0 aliphatic carbocycles. The number of hydrogen-bond acceptors (Lipinski definition) is 2. The van der Waals surface area contributed by atoms with E-state index in [1.54, 1.807) is 0 Å². The van der Waals surface area contributed by atoms with Gasteiger partial charge in [-0.15, -0.1) is 0 Å². The van der Waals surface area contributed by atoms with E-state index in [4.69, 9.17) is 16.9 Å². The molecule has 0 radical (unpaired) electrons. The number of pyridine rings is 1. The number of hydrogen-bond donors (Lipinski definition) is 0. The molecule has 96 valence electrons. The van der Waals surface area contributed by atoms with Gasteiger partial charge in [0.25, 0.3) is 0 Å². The van der Waals surface area contributed by atoms with Gasteiger partial charge in [0.05, 0.1) is 23.7 Å². The van der Waals surface area contributed by atoms with Crippen molar-refractivity contribution in [3.63, 3.8) is 0 Å². The van der Waals surface area contributed by atoms with E-state index in [2.05, 4.69) is 11.1 Å². The maximum absolute atomic E-state index is 8.89. The minimum absolute atomic E-state index is 0.304. The van der Waals surface area contributed by atoms with Crippen molar-refractivity contribution in [1.29, 1.82) is 5.26 Å². The number of fused-ring (bicyclic) bond motifs is 1. The summed E-state index contributed by atoms with van der Waals surface area (Å²) in [5.41, 5.74) is 3.80. The van der Waals surface area contributed by atoms with E-state index in [1.807, 2.05) is 54.6 Å². The van der Waals surface area contributed by atoms with E-state index in [0.717, 1.165) is 27.7 Å². The molecule has 0 aliphatic heterocycles. The highest BCUT2D eigenvalue weighted by Crippen LogP contribution is 2.30. The second-order valence-corrected chi connectivity index (χ2v) is 4.96. The average molecular weight is 279 g/mol. The van der Waals surface area contributed by atoms with Crippen LogP contribution in [0.5, 0.6) is 0 Å². The van der Waals surface area contributed by atoms with Crippen LogP contribution in [0.2, 0.25) is 5.02 Å². The maximum atomic E-state index is 8.89. The second kappa shape index (κ2) is 5.32. The summed E-state index contributed by atoms with van der Waals surface area (Å²) in [4.78, 5) is 4.51. The molecule has 0 saturated heterocycles. The normalized spacial score (nSPS) is 10.4. The Kier molecular flexibility index (Phi) is 3.37. The minimum Gasteiger partial charge on any atom is -0.252 e. The monoisotopic (exact) mass is 278 g/mol. The van der Waals surface area contributed by atoms with Gasteiger partial charge in [-0.05, 0) is 35.4 Å². The lowest BCUT2D eigenvalue weighted by Gasteiger charge is -2.09. The van der Waals surface area contributed by atoms with Crippen LogP contribution in [0.25, 0.3) is 22.0 Å². The van der Waals surface area contributed by atoms with Gasteiger partial charge >= 0.3 is 0 Å². The van der Waals surface area contributed by atoms with Gasteiger partial charge in [-0.2, -0.15) is 5.26 Å². The summed E-state index contributed by atoms with van der Waals surface area (Å²) in [7, 11) is 0. The lowest BCUT2D eigenvalue weighted by molar-refractivity contribution is 1.15. The van der Waals surface area contributed by atoms with Crippen LogP contribution in [0.4, 0.5) is 0 Å². The zero-order chi connectivity index (χ0) is 13.9. The Bertz CT molecular complexity index is 804. The molecule has 0 aliphatic rings. The van der Waals surface area contributed by atoms with Gasteiger partial charge in [0.15, 0.2) is 0 Å². The van der Waals surface area contributed by atoms with E-state index in [0.29, 0.717) is 11.4 Å². The molecule has 2 nitrogen and oxygen atoms in total. The van der Waals surface area contributed by atoms with Crippen LogP contribution in [0.3, 0.4) is 0 Å². The Morgan fingerprint density at radius 1 is 1.05 bits per heavy atom. The minimum atomic E-state index is 0.304. The van der Waals surface area contributed by atoms with Crippen molar-refractivity contribution >= 4 is 22.5 Å². The molecule has 1 aromatic heterocycles. The summed E-state index contributed by atoms with van der Waals surface area (Å²) in [5.74, 6) is 0. The quantitative estimate of drug-likeness (QED) is 0.686. The van der Waals surface area contributed by atoms with Crippen LogP contribution in [0, 0.1) is 11.3 Å². The molecule has 0 fully saturated rings. The Morgan fingerprint density at radius 3 is 2.60 bits per heavy atom. The molecular weight excluding hydrogens is 268 g/mol. The Hall–Kier alpha value is -2.37. The van der Waals surface area contributed by atoms with Crippen molar-refractivity contribution in [2.75, 3.05) is 0 Å². The van der Waals surface area contributed by atoms with Crippen molar-refractivity contribution in [2.24, 2.45) is 0 Å². The predicted octanol–water partition coefficient (Wildman–Crippen LogP) is 4.62. The van der Waals surface area contributed by atoms with Crippen molar-refractivity contribution < 1.29 is 0 Å². The van der Waals surface area contributed by atoms with Gasteiger partial charge in [-0.25, -0.2) is 0 Å². The first kappa shape index (κ1) is 12.7. The smallest absolute Gasteiger partial charge is 0.0775 e. The maximum Gasteiger partial charge on any atom is 0.0775 e. The van der Waals surface area contributed by atoms with Crippen LogP contribution in [0.15, 0.2) is 54.6 Å². The number of benzene rings is 2. The SMILES string of the molecule is N#CCc1cc(-c2ccccc2)c2cc(Cl)ccc2n1. The number of rotatable bonds is 2. The third kappa shape index (κ3) is 2.36. The Morgan fingerprint density at radius 2 is 1.85 bits per heavy atom. The van der Waals surface area contributed by atoms with Crippen molar-refractivity contribution in [1.82, 2.24) is 4.98 Å². The van der Waals surface area contributed by atoms with Crippen LogP contribution in [0.1, 0.15) is 5.69 Å². The van der Waals surface area contributed by atoms with Gasteiger partial charge in [0.2, 0.25) is 0 Å². The Balaban J connectivity index is 2.32. The molecule has 1 heterocycles. The highest BCUT2D eigenvalue weighted by molar-refractivity contribution is 6.31. The number of halogens is 1. The molecule has 3 heteroatoms. The zero-order valence-corrected chi connectivity index (χ0v) is 11.4. The molecule has 2 aromatic carbocycles. The summed E-state index contributed by atoms with van der Waals surface area (Å²) in [6.45, 7) is 0. The lowest BCUT2D eigenvalue weighted by Crippen LogP contribution is -1.92. The highest BCUT2D eigenvalue weighted by Gasteiger charge is 2.08. The van der Waals surface area contributed by atoms with Crippen molar-refractivity contribution in [2.45, 2.75) is 6.42 Å². The number of nitrogens with zero attached hydrogens (tertiary/aromatic N) is 2. The van der Waals surface area contributed by atoms with Crippen LogP contribution in [-0.2, 0) is 6.42 Å². The fourth-order valence-electron chi connectivity index (χ4n) is 2.28. The largest absolute Gasteiger partial charge is 0.252 e. The fraction of sp³-hybridized carbons (Fsp3) is 0.0588. The topological polar surface area (TPSA) is 36.7 Å². The van der Waals surface area contributed by atoms with Gasteiger partial charge in [0, 0.05) is 10.4 Å². The summed E-state index contributed by atoms with van der Waals surface area (Å²) in [6.07, 6.45) is 0.304. The molecule has 3 rings (SSSR count). The van der Waals surface area contributed by atoms with Crippen LogP contribution >= 0.6 is 11.6 Å². The van der Waals surface area contributed by atoms with Crippen LogP contribution in [-0.4, -0.2) is 4.98 Å². The predicted molar refractivity (Wildman–Crippen MR) is 81.5 cm³/mol. The molecule has 20 heavy (non-hydrogen) atoms. The molecule has 3 aromatic rings. The third-order valence-electron chi connectivity index (χ3n) is 3.17. The van der Waals surface area contributed by atoms with E-state index >= 15 is 0 Å². The number of nitriles is 1. The summed E-state index contributed by atoms with van der Waals surface area (Å²) in [6, 6.07) is 19.8. The summed E-state index contributed by atoms with van der Waals surface area (Å²) < 4.78 is 0. The van der Waals surface area contributed by atoms with Gasteiger partial charge in [-0.1, -0.05) is 41.9 Å². The highest BCUT2D eigenvalue weighted by atomic mass is 35.5. The molecule has 0 bridgehead atoms. The second-order valence-electron chi connectivity index (χ2n) is 4.52. The first-order valence-corrected chi connectivity index (χ1v) is 6.67. The van der Waals surface area contributed by atoms with E-state index in [9.17, 15) is 0 Å². The first-order chi connectivity index (χ1) is 9.78. The van der Waals surface area contributed by atoms with Crippen LogP contribution < -0.4 is 0 Å². The first-order valence-electron chi connectivity index (χ1n) is 6.29. The number of aromatic nitrogens is 1. The van der Waals surface area contributed by atoms with Gasteiger partial charge in [-0.3, -0.25) is 4.98 Å². The molecule has 0 amide bonds. The molecule has 0 atom stereocenters. The fourth-order valence-corrected chi connectivity index (χ4v) is 2.45. The summed E-state index contributed by atoms with van der Waals surface area (Å²) in [5, 5.41) is 10.6. The summed E-state index contributed by atoms with van der Waals surface area (Å²) >= 11 is 6.10. The van der Waals surface area contributed by atoms with Gasteiger partial charge in [0.1, 0.15) is 0 Å². The van der Waals surface area contributed by atoms with E-state index < -0.39 is 0 Å². The Labute approximate surface area is 122 Å². The molecular formula is C17H11ClN2. The van der Waals surface area contributed by atoms with Crippen molar-refractivity contribution in [3.05, 3.63) is 65.3 Å². The third-order valence-corrected chi connectivity index (χ3v) is 3.40. The van der Waals surface area contributed by atoms with E-state index in [1.165, 1.54) is 0 Å². The lowest BCUT2D eigenvalue weighted by atomic mass is 9.99. The van der Waals surface area contributed by atoms with Crippen molar-refractivity contribution in [3.8, 4) is 17.2 Å².